The topological polar surface area (TPSA) is 44.4 Å². The minimum Gasteiger partial charge on any atom is -0.325 e. The van der Waals surface area contributed by atoms with Crippen molar-refractivity contribution in [1.82, 2.24) is 10.2 Å². The number of hydrogen-bond donors (Lipinski definition) is 2. The molecule has 4 nitrogen and oxygen atoms in total. The fourth-order valence-electron chi connectivity index (χ4n) is 3.32. The van der Waals surface area contributed by atoms with E-state index in [1.54, 1.807) is 0 Å². The van der Waals surface area contributed by atoms with Crippen LogP contribution < -0.4 is 10.6 Å². The molecule has 2 heterocycles. The van der Waals surface area contributed by atoms with Gasteiger partial charge in [0, 0.05) is 18.3 Å². The first-order valence-corrected chi connectivity index (χ1v) is 7.71. The molecule has 1 aromatic carbocycles. The Morgan fingerprint density at radius 1 is 1.48 bits per heavy atom. The molecule has 3 rings (SSSR count). The standard InChI is InChI=1S/C15H19ClFN3O/c16-12-6-11(3-4-13(12)17)19-15(21)9-20-5-1-2-10-7-18-8-14(10)20/h3-4,6,10,14,18H,1-2,5,7-9H2,(H,19,21). The third-order valence-electron chi connectivity index (χ3n) is 4.34. The molecule has 2 unspecified atom stereocenters. The highest BCUT2D eigenvalue weighted by Gasteiger charge is 2.35. The molecule has 2 aliphatic rings. The summed E-state index contributed by atoms with van der Waals surface area (Å²) in [5, 5.41) is 6.20. The lowest BCUT2D eigenvalue weighted by Gasteiger charge is -2.36. The number of likely N-dealkylation sites (tertiary alicyclic amines) is 1. The number of amides is 1. The van der Waals surface area contributed by atoms with E-state index < -0.39 is 5.82 Å². The maximum Gasteiger partial charge on any atom is 0.238 e. The fourth-order valence-corrected chi connectivity index (χ4v) is 3.50. The summed E-state index contributed by atoms with van der Waals surface area (Å²) in [5.41, 5.74) is 0.532. The molecule has 0 bridgehead atoms. The number of benzene rings is 1. The highest BCUT2D eigenvalue weighted by molar-refractivity contribution is 6.31. The number of halogens is 2. The quantitative estimate of drug-likeness (QED) is 0.898. The molecule has 2 N–H and O–H groups in total. The molecule has 1 amide bonds. The van der Waals surface area contributed by atoms with Gasteiger partial charge in [0.25, 0.3) is 0 Å². The molecule has 21 heavy (non-hydrogen) atoms. The Hall–Kier alpha value is -1.17. The molecule has 0 spiro atoms. The van der Waals surface area contributed by atoms with E-state index in [-0.39, 0.29) is 10.9 Å². The van der Waals surface area contributed by atoms with Crippen LogP contribution >= 0.6 is 11.6 Å². The first-order valence-electron chi connectivity index (χ1n) is 7.33. The Balaban J connectivity index is 1.59. The van der Waals surface area contributed by atoms with Gasteiger partial charge in [0.15, 0.2) is 0 Å². The summed E-state index contributed by atoms with van der Waals surface area (Å²) in [7, 11) is 0. The van der Waals surface area contributed by atoms with Gasteiger partial charge in [0.2, 0.25) is 5.91 Å². The minimum atomic E-state index is -0.481. The molecule has 0 saturated carbocycles. The van der Waals surface area contributed by atoms with Crippen LogP contribution in [0.15, 0.2) is 18.2 Å². The average Bonchev–Trinajstić information content (AvgIpc) is 2.92. The number of rotatable bonds is 3. The van der Waals surface area contributed by atoms with E-state index in [2.05, 4.69) is 15.5 Å². The number of carbonyl (C=O) groups excluding carboxylic acids is 1. The summed E-state index contributed by atoms with van der Waals surface area (Å²) in [6, 6.07) is 4.68. The van der Waals surface area contributed by atoms with Crippen LogP contribution in [0.2, 0.25) is 5.02 Å². The number of hydrogen-bond acceptors (Lipinski definition) is 3. The molecular formula is C15H19ClFN3O. The maximum absolute atomic E-state index is 13.1. The van der Waals surface area contributed by atoms with E-state index in [4.69, 9.17) is 11.6 Å². The lowest BCUT2D eigenvalue weighted by Crippen LogP contribution is -2.48. The number of carbonyl (C=O) groups is 1. The van der Waals surface area contributed by atoms with Gasteiger partial charge in [0.1, 0.15) is 5.82 Å². The van der Waals surface area contributed by atoms with E-state index in [0.717, 1.165) is 26.1 Å². The first-order chi connectivity index (χ1) is 10.1. The lowest BCUT2D eigenvalue weighted by atomic mass is 9.92. The molecule has 0 radical (unpaired) electrons. The molecule has 2 fully saturated rings. The molecule has 2 atom stereocenters. The molecule has 0 aromatic heterocycles. The zero-order valence-corrected chi connectivity index (χ0v) is 12.5. The summed E-state index contributed by atoms with van der Waals surface area (Å²) in [4.78, 5) is 14.4. The maximum atomic E-state index is 13.1. The molecule has 2 aliphatic heterocycles. The summed E-state index contributed by atoms with van der Waals surface area (Å²) >= 11 is 5.72. The SMILES string of the molecule is O=C(CN1CCCC2CNCC21)Nc1ccc(F)c(Cl)c1. The summed E-state index contributed by atoms with van der Waals surface area (Å²) in [6.45, 7) is 3.34. The van der Waals surface area contributed by atoms with Crippen LogP contribution in [0.1, 0.15) is 12.8 Å². The van der Waals surface area contributed by atoms with Gasteiger partial charge in [-0.1, -0.05) is 11.6 Å². The van der Waals surface area contributed by atoms with E-state index in [1.807, 2.05) is 0 Å². The molecule has 1 aromatic rings. The van der Waals surface area contributed by atoms with E-state index in [0.29, 0.717) is 24.2 Å². The normalized spacial score (nSPS) is 25.6. The number of anilines is 1. The summed E-state index contributed by atoms with van der Waals surface area (Å²) in [6.07, 6.45) is 2.38. The van der Waals surface area contributed by atoms with Crippen LogP contribution in [0.4, 0.5) is 10.1 Å². The van der Waals surface area contributed by atoms with Crippen molar-refractivity contribution in [3.8, 4) is 0 Å². The Morgan fingerprint density at radius 3 is 3.14 bits per heavy atom. The lowest BCUT2D eigenvalue weighted by molar-refractivity contribution is -0.118. The van der Waals surface area contributed by atoms with Gasteiger partial charge in [0.05, 0.1) is 11.6 Å². The van der Waals surface area contributed by atoms with Crippen LogP contribution in [0.5, 0.6) is 0 Å². The summed E-state index contributed by atoms with van der Waals surface area (Å²) in [5.74, 6) is 0.0996. The molecule has 0 aliphatic carbocycles. The third kappa shape index (κ3) is 3.36. The Kier molecular flexibility index (Phi) is 4.42. The van der Waals surface area contributed by atoms with Crippen molar-refractivity contribution >= 4 is 23.2 Å². The second-order valence-electron chi connectivity index (χ2n) is 5.78. The van der Waals surface area contributed by atoms with Gasteiger partial charge in [-0.3, -0.25) is 9.69 Å². The molecule has 2 saturated heterocycles. The van der Waals surface area contributed by atoms with Crippen LogP contribution in [-0.2, 0) is 4.79 Å². The Labute approximate surface area is 128 Å². The van der Waals surface area contributed by atoms with Crippen LogP contribution in [-0.4, -0.2) is 43.0 Å². The highest BCUT2D eigenvalue weighted by Crippen LogP contribution is 2.26. The predicted molar refractivity (Wildman–Crippen MR) is 81.0 cm³/mol. The zero-order chi connectivity index (χ0) is 14.8. The Bertz CT molecular complexity index is 540. The van der Waals surface area contributed by atoms with Crippen LogP contribution in [0.25, 0.3) is 0 Å². The first kappa shape index (κ1) is 14.8. The number of nitrogens with one attached hydrogen (secondary N) is 2. The van der Waals surface area contributed by atoms with Crippen molar-refractivity contribution < 1.29 is 9.18 Å². The van der Waals surface area contributed by atoms with Crippen molar-refractivity contribution in [2.24, 2.45) is 5.92 Å². The number of piperidine rings is 1. The van der Waals surface area contributed by atoms with Crippen LogP contribution in [0.3, 0.4) is 0 Å². The van der Waals surface area contributed by atoms with Crippen molar-refractivity contribution in [3.05, 3.63) is 29.0 Å². The molecule has 114 valence electrons. The highest BCUT2D eigenvalue weighted by atomic mass is 35.5. The van der Waals surface area contributed by atoms with E-state index in [1.165, 1.54) is 24.6 Å². The second kappa shape index (κ2) is 6.30. The van der Waals surface area contributed by atoms with Gasteiger partial charge >= 0.3 is 0 Å². The fraction of sp³-hybridized carbons (Fsp3) is 0.533. The van der Waals surface area contributed by atoms with E-state index >= 15 is 0 Å². The number of fused-ring (bicyclic) bond motifs is 1. The minimum absolute atomic E-state index is 0.0193. The van der Waals surface area contributed by atoms with E-state index in [9.17, 15) is 9.18 Å². The average molecular weight is 312 g/mol. The van der Waals surface area contributed by atoms with Crippen molar-refractivity contribution in [1.29, 1.82) is 0 Å². The largest absolute Gasteiger partial charge is 0.325 e. The Morgan fingerprint density at radius 2 is 2.33 bits per heavy atom. The molecule has 6 heteroatoms. The van der Waals surface area contributed by atoms with Crippen molar-refractivity contribution in [3.63, 3.8) is 0 Å². The van der Waals surface area contributed by atoms with Gasteiger partial charge in [-0.05, 0) is 50.0 Å². The van der Waals surface area contributed by atoms with Gasteiger partial charge < -0.3 is 10.6 Å². The number of nitrogens with zero attached hydrogens (tertiary/aromatic N) is 1. The zero-order valence-electron chi connectivity index (χ0n) is 11.7. The van der Waals surface area contributed by atoms with Crippen molar-refractivity contribution in [2.45, 2.75) is 18.9 Å². The van der Waals surface area contributed by atoms with Gasteiger partial charge in [-0.25, -0.2) is 4.39 Å². The van der Waals surface area contributed by atoms with Gasteiger partial charge in [-0.15, -0.1) is 0 Å². The second-order valence-corrected chi connectivity index (χ2v) is 6.18. The summed E-state index contributed by atoms with van der Waals surface area (Å²) < 4.78 is 13.1. The van der Waals surface area contributed by atoms with Gasteiger partial charge in [-0.2, -0.15) is 0 Å². The third-order valence-corrected chi connectivity index (χ3v) is 4.63. The smallest absolute Gasteiger partial charge is 0.238 e. The predicted octanol–water partition coefficient (Wildman–Crippen LogP) is 2.10. The van der Waals surface area contributed by atoms with Crippen LogP contribution in [0, 0.1) is 11.7 Å². The monoisotopic (exact) mass is 311 g/mol. The molecular weight excluding hydrogens is 293 g/mol. The van der Waals surface area contributed by atoms with Crippen molar-refractivity contribution in [2.75, 3.05) is 31.5 Å².